The molecule has 0 radical (unpaired) electrons. The Bertz CT molecular complexity index is 430. The van der Waals surface area contributed by atoms with Crippen LogP contribution in [0.25, 0.3) is 0 Å². The van der Waals surface area contributed by atoms with Crippen molar-refractivity contribution in [3.05, 3.63) is 29.6 Å². The predicted octanol–water partition coefficient (Wildman–Crippen LogP) is 1.76. The molecule has 0 aliphatic carbocycles. The van der Waals surface area contributed by atoms with Crippen LogP contribution in [0.1, 0.15) is 18.4 Å². The molecule has 3 aliphatic heterocycles. The van der Waals surface area contributed by atoms with Gasteiger partial charge in [0, 0.05) is 13.1 Å². The maximum atomic E-state index is 13.8. The molecular formula is C14H19FN2O. The van der Waals surface area contributed by atoms with Crippen molar-refractivity contribution >= 4 is 0 Å². The van der Waals surface area contributed by atoms with E-state index in [4.69, 9.17) is 10.5 Å². The second-order valence-electron chi connectivity index (χ2n) is 5.26. The van der Waals surface area contributed by atoms with Crippen molar-refractivity contribution < 1.29 is 9.13 Å². The van der Waals surface area contributed by atoms with Crippen LogP contribution in [-0.2, 0) is 6.54 Å². The van der Waals surface area contributed by atoms with Gasteiger partial charge < -0.3 is 10.5 Å². The summed E-state index contributed by atoms with van der Waals surface area (Å²) in [5, 5.41) is 0. The first kappa shape index (κ1) is 11.9. The maximum absolute atomic E-state index is 13.8. The molecule has 3 nitrogen and oxygen atoms in total. The molecule has 0 spiro atoms. The standard InChI is InChI=1S/C14H19FN2O/c15-12-7-10(8-16)1-2-13(12)18-14-9-17-5-3-11(14)4-6-17/h1-2,7,11,14H,3-6,8-9,16H2. The summed E-state index contributed by atoms with van der Waals surface area (Å²) in [7, 11) is 0. The second-order valence-corrected chi connectivity index (χ2v) is 5.26. The molecule has 3 aliphatic rings. The fourth-order valence-electron chi connectivity index (χ4n) is 2.97. The van der Waals surface area contributed by atoms with E-state index in [-0.39, 0.29) is 11.9 Å². The molecule has 1 aromatic rings. The molecule has 18 heavy (non-hydrogen) atoms. The highest BCUT2D eigenvalue weighted by molar-refractivity contribution is 5.29. The highest BCUT2D eigenvalue weighted by Crippen LogP contribution is 2.31. The van der Waals surface area contributed by atoms with Crippen LogP contribution in [0.5, 0.6) is 5.75 Å². The number of nitrogens with zero attached hydrogens (tertiary/aromatic N) is 1. The molecule has 1 aromatic carbocycles. The summed E-state index contributed by atoms with van der Waals surface area (Å²) in [6, 6.07) is 5.01. The van der Waals surface area contributed by atoms with Crippen LogP contribution in [0.3, 0.4) is 0 Å². The monoisotopic (exact) mass is 250 g/mol. The summed E-state index contributed by atoms with van der Waals surface area (Å²) >= 11 is 0. The molecule has 0 saturated carbocycles. The summed E-state index contributed by atoms with van der Waals surface area (Å²) in [6.07, 6.45) is 2.49. The van der Waals surface area contributed by atoms with Crippen molar-refractivity contribution in [2.45, 2.75) is 25.5 Å². The molecule has 1 unspecified atom stereocenters. The molecule has 4 rings (SSSR count). The van der Waals surface area contributed by atoms with Crippen molar-refractivity contribution in [2.24, 2.45) is 11.7 Å². The summed E-state index contributed by atoms with van der Waals surface area (Å²) in [4.78, 5) is 2.40. The Labute approximate surface area is 107 Å². The van der Waals surface area contributed by atoms with Gasteiger partial charge in [-0.3, -0.25) is 4.90 Å². The van der Waals surface area contributed by atoms with Crippen molar-refractivity contribution in [3.8, 4) is 5.75 Å². The average Bonchev–Trinajstić information content (AvgIpc) is 2.42. The minimum atomic E-state index is -0.297. The van der Waals surface area contributed by atoms with Crippen molar-refractivity contribution in [1.82, 2.24) is 4.90 Å². The van der Waals surface area contributed by atoms with Gasteiger partial charge in [0.25, 0.3) is 0 Å². The fourth-order valence-corrected chi connectivity index (χ4v) is 2.97. The van der Waals surface area contributed by atoms with Gasteiger partial charge in [0.2, 0.25) is 0 Å². The van der Waals surface area contributed by atoms with Gasteiger partial charge in [-0.05, 0) is 49.5 Å². The van der Waals surface area contributed by atoms with Crippen molar-refractivity contribution in [1.29, 1.82) is 0 Å². The lowest BCUT2D eigenvalue weighted by atomic mass is 9.86. The highest BCUT2D eigenvalue weighted by Gasteiger charge is 2.35. The first-order chi connectivity index (χ1) is 8.76. The van der Waals surface area contributed by atoms with Crippen LogP contribution in [0.4, 0.5) is 4.39 Å². The average molecular weight is 250 g/mol. The van der Waals surface area contributed by atoms with E-state index in [2.05, 4.69) is 4.90 Å². The van der Waals surface area contributed by atoms with Crippen molar-refractivity contribution in [2.75, 3.05) is 19.6 Å². The summed E-state index contributed by atoms with van der Waals surface area (Å²) in [5.74, 6) is 0.656. The number of halogens is 1. The number of nitrogens with two attached hydrogens (primary N) is 1. The van der Waals surface area contributed by atoms with Gasteiger partial charge in [-0.15, -0.1) is 0 Å². The fraction of sp³-hybridized carbons (Fsp3) is 0.571. The number of piperidine rings is 3. The highest BCUT2D eigenvalue weighted by atomic mass is 19.1. The number of hydrogen-bond donors (Lipinski definition) is 1. The van der Waals surface area contributed by atoms with E-state index in [1.807, 2.05) is 6.07 Å². The lowest BCUT2D eigenvalue weighted by Crippen LogP contribution is -2.52. The number of ether oxygens (including phenoxy) is 1. The number of benzene rings is 1. The smallest absolute Gasteiger partial charge is 0.165 e. The molecule has 1 atom stereocenters. The number of hydrogen-bond acceptors (Lipinski definition) is 3. The van der Waals surface area contributed by atoms with Gasteiger partial charge in [0.1, 0.15) is 6.10 Å². The Morgan fingerprint density at radius 2 is 2.11 bits per heavy atom. The largest absolute Gasteiger partial charge is 0.486 e. The summed E-state index contributed by atoms with van der Waals surface area (Å²) in [6.45, 7) is 3.62. The zero-order chi connectivity index (χ0) is 12.5. The second kappa shape index (κ2) is 4.86. The third-order valence-electron chi connectivity index (χ3n) is 4.11. The van der Waals surface area contributed by atoms with E-state index >= 15 is 0 Å². The predicted molar refractivity (Wildman–Crippen MR) is 67.9 cm³/mol. The zero-order valence-electron chi connectivity index (χ0n) is 10.4. The van der Waals surface area contributed by atoms with Crippen LogP contribution in [0.15, 0.2) is 18.2 Å². The minimum absolute atomic E-state index is 0.144. The van der Waals surface area contributed by atoms with Gasteiger partial charge in [0.05, 0.1) is 0 Å². The Balaban J connectivity index is 1.72. The molecule has 2 bridgehead atoms. The van der Waals surface area contributed by atoms with Crippen LogP contribution < -0.4 is 10.5 Å². The van der Waals surface area contributed by atoms with Crippen LogP contribution in [-0.4, -0.2) is 30.6 Å². The Morgan fingerprint density at radius 3 is 2.67 bits per heavy atom. The molecule has 3 heterocycles. The van der Waals surface area contributed by atoms with Gasteiger partial charge >= 0.3 is 0 Å². The molecular weight excluding hydrogens is 231 g/mol. The minimum Gasteiger partial charge on any atom is -0.486 e. The number of fused-ring (bicyclic) bond motifs is 3. The van der Waals surface area contributed by atoms with E-state index in [1.54, 1.807) is 6.07 Å². The normalized spacial score (nSPS) is 30.4. The summed E-state index contributed by atoms with van der Waals surface area (Å²) in [5.41, 5.74) is 6.29. The lowest BCUT2D eigenvalue weighted by molar-refractivity contribution is -0.00949. The first-order valence-electron chi connectivity index (χ1n) is 6.64. The third-order valence-corrected chi connectivity index (χ3v) is 4.11. The van der Waals surface area contributed by atoms with Crippen molar-refractivity contribution in [3.63, 3.8) is 0 Å². The van der Waals surface area contributed by atoms with Crippen LogP contribution >= 0.6 is 0 Å². The quantitative estimate of drug-likeness (QED) is 0.888. The van der Waals surface area contributed by atoms with Crippen LogP contribution in [0.2, 0.25) is 0 Å². The van der Waals surface area contributed by atoms with E-state index < -0.39 is 0 Å². The van der Waals surface area contributed by atoms with Crippen LogP contribution in [0, 0.1) is 11.7 Å². The molecule has 0 aromatic heterocycles. The van der Waals surface area contributed by atoms with E-state index in [0.29, 0.717) is 18.2 Å². The molecule has 0 amide bonds. The molecule has 2 N–H and O–H groups in total. The Hall–Kier alpha value is -1.13. The SMILES string of the molecule is NCc1ccc(OC2CN3CCC2CC3)c(F)c1. The zero-order valence-corrected chi connectivity index (χ0v) is 10.4. The third kappa shape index (κ3) is 2.22. The molecule has 98 valence electrons. The Morgan fingerprint density at radius 1 is 1.33 bits per heavy atom. The first-order valence-corrected chi connectivity index (χ1v) is 6.64. The number of rotatable bonds is 3. The van der Waals surface area contributed by atoms with Gasteiger partial charge in [-0.2, -0.15) is 0 Å². The van der Waals surface area contributed by atoms with Gasteiger partial charge in [-0.25, -0.2) is 4.39 Å². The molecule has 3 saturated heterocycles. The Kier molecular flexibility index (Phi) is 3.22. The van der Waals surface area contributed by atoms with Gasteiger partial charge in [0.15, 0.2) is 11.6 Å². The van der Waals surface area contributed by atoms with E-state index in [1.165, 1.54) is 32.0 Å². The molecule has 4 heteroatoms. The maximum Gasteiger partial charge on any atom is 0.165 e. The summed E-state index contributed by atoms with van der Waals surface area (Å²) < 4.78 is 19.7. The molecule has 3 fully saturated rings. The van der Waals surface area contributed by atoms with E-state index in [0.717, 1.165) is 12.1 Å². The van der Waals surface area contributed by atoms with E-state index in [9.17, 15) is 4.39 Å². The topological polar surface area (TPSA) is 38.5 Å². The lowest BCUT2D eigenvalue weighted by Gasteiger charge is -2.44. The van der Waals surface area contributed by atoms with Gasteiger partial charge in [-0.1, -0.05) is 6.07 Å².